The molecule has 0 bridgehead atoms. The molecule has 1 aromatic carbocycles. The highest BCUT2D eigenvalue weighted by Crippen LogP contribution is 2.22. The zero-order chi connectivity index (χ0) is 22.8. The molecule has 8 nitrogen and oxygen atoms in total. The molecule has 0 saturated carbocycles. The molecule has 0 aliphatic carbocycles. The number of piperazine rings is 1. The largest absolute Gasteiger partial charge is 0.357 e. The van der Waals surface area contributed by atoms with E-state index in [1.165, 1.54) is 5.56 Å². The summed E-state index contributed by atoms with van der Waals surface area (Å²) in [6, 6.07) is 12.2. The van der Waals surface area contributed by atoms with Gasteiger partial charge in [-0.1, -0.05) is 44.2 Å². The first-order chi connectivity index (χ1) is 15.5. The van der Waals surface area contributed by atoms with Crippen molar-refractivity contribution in [2.75, 3.05) is 50.7 Å². The molecule has 8 heteroatoms. The van der Waals surface area contributed by atoms with E-state index >= 15 is 0 Å². The highest BCUT2D eigenvalue weighted by Gasteiger charge is 2.22. The highest BCUT2D eigenvalue weighted by molar-refractivity contribution is 5.81. The number of carbonyl (C=O) groups excluding carboxylic acids is 1. The van der Waals surface area contributed by atoms with Gasteiger partial charge in [-0.15, -0.1) is 0 Å². The molecule has 2 aromatic rings. The number of anilines is 1. The Hall–Kier alpha value is -3.16. The summed E-state index contributed by atoms with van der Waals surface area (Å²) < 4.78 is 0. The Balaban J connectivity index is 1.45. The Morgan fingerprint density at radius 3 is 2.38 bits per heavy atom. The summed E-state index contributed by atoms with van der Waals surface area (Å²) in [5.41, 5.74) is 1.19. The lowest BCUT2D eigenvalue weighted by Gasteiger charge is -2.34. The Bertz CT molecular complexity index is 862. The number of nitrogens with zero attached hydrogens (tertiary/aromatic N) is 5. The molecule has 1 amide bonds. The first-order valence-electron chi connectivity index (χ1n) is 11.4. The number of guanidine groups is 1. The van der Waals surface area contributed by atoms with Crippen molar-refractivity contribution in [3.05, 3.63) is 54.4 Å². The number of rotatable bonds is 8. The maximum absolute atomic E-state index is 12.7. The van der Waals surface area contributed by atoms with Crippen LogP contribution in [0.5, 0.6) is 0 Å². The van der Waals surface area contributed by atoms with Crippen LogP contribution in [0.2, 0.25) is 0 Å². The molecule has 0 spiro atoms. The van der Waals surface area contributed by atoms with Crippen LogP contribution in [0, 0.1) is 0 Å². The van der Waals surface area contributed by atoms with Crippen molar-refractivity contribution in [2.24, 2.45) is 4.99 Å². The van der Waals surface area contributed by atoms with E-state index in [-0.39, 0.29) is 11.3 Å². The molecule has 0 atom stereocenters. The summed E-state index contributed by atoms with van der Waals surface area (Å²) in [6.07, 6.45) is 3.93. The van der Waals surface area contributed by atoms with E-state index < -0.39 is 0 Å². The summed E-state index contributed by atoms with van der Waals surface area (Å²) >= 11 is 0. The van der Waals surface area contributed by atoms with Gasteiger partial charge in [0.15, 0.2) is 5.96 Å². The Labute approximate surface area is 191 Å². The van der Waals surface area contributed by atoms with Crippen LogP contribution < -0.4 is 15.5 Å². The minimum absolute atomic E-state index is 0.0679. The maximum atomic E-state index is 12.7. The summed E-state index contributed by atoms with van der Waals surface area (Å²) in [5.74, 6) is 1.63. The lowest BCUT2D eigenvalue weighted by Crippen LogP contribution is -2.50. The van der Waals surface area contributed by atoms with Crippen LogP contribution in [-0.2, 0) is 10.2 Å². The Morgan fingerprint density at radius 1 is 1.03 bits per heavy atom. The second-order valence-corrected chi connectivity index (χ2v) is 8.54. The van der Waals surface area contributed by atoms with Crippen molar-refractivity contribution < 1.29 is 4.79 Å². The van der Waals surface area contributed by atoms with Crippen LogP contribution in [0.1, 0.15) is 32.8 Å². The molecule has 1 saturated heterocycles. The van der Waals surface area contributed by atoms with Crippen molar-refractivity contribution in [1.29, 1.82) is 0 Å². The van der Waals surface area contributed by atoms with Crippen LogP contribution in [-0.4, -0.2) is 72.5 Å². The summed E-state index contributed by atoms with van der Waals surface area (Å²) in [5, 5.41) is 6.59. The summed E-state index contributed by atoms with van der Waals surface area (Å²) in [4.78, 5) is 30.0. The number of amides is 1. The number of aliphatic imine (C=N–C) groups is 1. The van der Waals surface area contributed by atoms with Crippen LogP contribution in [0.25, 0.3) is 0 Å². The zero-order valence-corrected chi connectivity index (χ0v) is 19.4. The van der Waals surface area contributed by atoms with Gasteiger partial charge in [0.25, 0.3) is 0 Å². The van der Waals surface area contributed by atoms with E-state index in [1.54, 1.807) is 12.4 Å². The molecule has 3 rings (SSSR count). The minimum atomic E-state index is -0.0679. The fourth-order valence-electron chi connectivity index (χ4n) is 3.66. The number of carbonyl (C=O) groups is 1. The Morgan fingerprint density at radius 2 is 1.72 bits per heavy atom. The van der Waals surface area contributed by atoms with E-state index in [0.717, 1.165) is 31.5 Å². The predicted octanol–water partition coefficient (Wildman–Crippen LogP) is 2.05. The van der Waals surface area contributed by atoms with Crippen LogP contribution in [0.15, 0.2) is 53.8 Å². The van der Waals surface area contributed by atoms with Gasteiger partial charge in [-0.2, -0.15) is 0 Å². The fourth-order valence-corrected chi connectivity index (χ4v) is 3.66. The molecule has 32 heavy (non-hydrogen) atoms. The first-order valence-corrected chi connectivity index (χ1v) is 11.4. The molecule has 0 radical (unpaired) electrons. The number of hydrogen-bond acceptors (Lipinski definition) is 5. The third-order valence-corrected chi connectivity index (χ3v) is 5.63. The molecule has 2 heterocycles. The Kier molecular flexibility index (Phi) is 8.41. The van der Waals surface area contributed by atoms with Gasteiger partial charge >= 0.3 is 0 Å². The predicted molar refractivity (Wildman–Crippen MR) is 129 cm³/mol. The molecule has 0 unspecified atom stereocenters. The third-order valence-electron chi connectivity index (χ3n) is 5.63. The fraction of sp³-hybridized carbons (Fsp3) is 0.500. The average Bonchev–Trinajstić information content (AvgIpc) is 2.83. The molecule has 172 valence electrons. The number of aromatic nitrogens is 2. The maximum Gasteiger partial charge on any atom is 0.225 e. The first kappa shape index (κ1) is 23.5. The summed E-state index contributed by atoms with van der Waals surface area (Å²) in [7, 11) is 0. The van der Waals surface area contributed by atoms with E-state index in [2.05, 4.69) is 63.6 Å². The standard InChI is InChI=1S/C24H35N7O/c1-4-25-22(29-19-24(2,3)20-9-6-5-7-10-20)26-14-11-21(32)30-15-17-31(18-16-30)23-27-12-8-13-28-23/h5-10,12-13H,4,11,14-19H2,1-3H3,(H2,25,26,29). The van der Waals surface area contributed by atoms with Gasteiger partial charge < -0.3 is 20.4 Å². The third kappa shape index (κ3) is 6.67. The van der Waals surface area contributed by atoms with Crippen LogP contribution in [0.3, 0.4) is 0 Å². The number of nitrogens with one attached hydrogen (secondary N) is 2. The molecule has 1 aromatic heterocycles. The lowest BCUT2D eigenvalue weighted by atomic mass is 9.85. The van der Waals surface area contributed by atoms with Crippen molar-refractivity contribution in [3.63, 3.8) is 0 Å². The molecular formula is C24H35N7O. The van der Waals surface area contributed by atoms with Crippen LogP contribution >= 0.6 is 0 Å². The topological polar surface area (TPSA) is 85.8 Å². The monoisotopic (exact) mass is 437 g/mol. The van der Waals surface area contributed by atoms with Crippen molar-refractivity contribution in [3.8, 4) is 0 Å². The number of benzene rings is 1. The van der Waals surface area contributed by atoms with Gasteiger partial charge in [0.05, 0.1) is 6.54 Å². The molecule has 2 N–H and O–H groups in total. The second-order valence-electron chi connectivity index (χ2n) is 8.54. The van der Waals surface area contributed by atoms with Crippen molar-refractivity contribution in [2.45, 2.75) is 32.6 Å². The molecule has 1 fully saturated rings. The summed E-state index contributed by atoms with van der Waals surface area (Å²) in [6.45, 7) is 11.3. The SMILES string of the molecule is CCNC(=NCC(C)(C)c1ccccc1)NCCC(=O)N1CCN(c2ncccn2)CC1. The zero-order valence-electron chi connectivity index (χ0n) is 19.4. The van der Waals surface area contributed by atoms with E-state index in [1.807, 2.05) is 24.0 Å². The van der Waals surface area contributed by atoms with Crippen molar-refractivity contribution in [1.82, 2.24) is 25.5 Å². The van der Waals surface area contributed by atoms with Gasteiger partial charge in [-0.25, -0.2) is 9.97 Å². The molecule has 1 aliphatic heterocycles. The minimum Gasteiger partial charge on any atom is -0.357 e. The normalized spacial score (nSPS) is 14.9. The molecule has 1 aliphatic rings. The van der Waals surface area contributed by atoms with Crippen molar-refractivity contribution >= 4 is 17.8 Å². The van der Waals surface area contributed by atoms with E-state index in [9.17, 15) is 4.79 Å². The van der Waals surface area contributed by atoms with E-state index in [4.69, 9.17) is 4.99 Å². The highest BCUT2D eigenvalue weighted by atomic mass is 16.2. The van der Waals surface area contributed by atoms with Gasteiger partial charge in [-0.05, 0) is 18.6 Å². The molecular weight excluding hydrogens is 402 g/mol. The lowest BCUT2D eigenvalue weighted by molar-refractivity contribution is -0.131. The number of hydrogen-bond donors (Lipinski definition) is 2. The van der Waals surface area contributed by atoms with Gasteiger partial charge in [-0.3, -0.25) is 9.79 Å². The second kappa shape index (κ2) is 11.5. The van der Waals surface area contributed by atoms with Gasteiger partial charge in [0.1, 0.15) is 0 Å². The van der Waals surface area contributed by atoms with Gasteiger partial charge in [0, 0.05) is 63.5 Å². The van der Waals surface area contributed by atoms with Gasteiger partial charge in [0.2, 0.25) is 11.9 Å². The average molecular weight is 438 g/mol. The van der Waals surface area contributed by atoms with E-state index in [0.29, 0.717) is 32.6 Å². The smallest absolute Gasteiger partial charge is 0.225 e. The quantitative estimate of drug-likeness (QED) is 0.486. The van der Waals surface area contributed by atoms with Crippen LogP contribution in [0.4, 0.5) is 5.95 Å².